The largest absolute Gasteiger partial charge is 0.407 e. The molecule has 1 saturated heterocycles. The first-order valence-electron chi connectivity index (χ1n) is 7.38. The van der Waals surface area contributed by atoms with Gasteiger partial charge in [-0.2, -0.15) is 0 Å². The van der Waals surface area contributed by atoms with Crippen LogP contribution in [0.1, 0.15) is 32.4 Å². The highest BCUT2D eigenvalue weighted by molar-refractivity contribution is 6.74. The fourth-order valence-corrected chi connectivity index (χ4v) is 4.11. The summed E-state index contributed by atoms with van der Waals surface area (Å²) in [5, 5.41) is 0.0400. The molecule has 0 bridgehead atoms. The standard InChI is InChI=1S/C16H23Cl3O2Si/c1-15(2,3)22(4,5)21-14(16(17,18)19)13-12(20-13)11-9-7-6-8-10-11/h6-10,12-14H,1-5H3/t12-,13+,14+/m0/s1. The molecule has 0 radical (unpaired) electrons. The van der Waals surface area contributed by atoms with E-state index in [0.717, 1.165) is 5.56 Å². The lowest BCUT2D eigenvalue weighted by molar-refractivity contribution is 0.145. The lowest BCUT2D eigenvalue weighted by atomic mass is 10.1. The van der Waals surface area contributed by atoms with Gasteiger partial charge >= 0.3 is 0 Å². The summed E-state index contributed by atoms with van der Waals surface area (Å²) in [5.41, 5.74) is 1.09. The lowest BCUT2D eigenvalue weighted by Gasteiger charge is -2.40. The van der Waals surface area contributed by atoms with Crippen molar-refractivity contribution in [3.8, 4) is 0 Å². The Morgan fingerprint density at radius 2 is 1.64 bits per heavy atom. The number of benzene rings is 1. The van der Waals surface area contributed by atoms with Gasteiger partial charge in [-0.15, -0.1) is 0 Å². The summed E-state index contributed by atoms with van der Waals surface area (Å²) >= 11 is 18.6. The minimum atomic E-state index is -2.06. The van der Waals surface area contributed by atoms with Gasteiger partial charge in [0.05, 0.1) is 0 Å². The lowest BCUT2D eigenvalue weighted by Crippen LogP contribution is -2.49. The average molecular weight is 382 g/mol. The number of hydrogen-bond acceptors (Lipinski definition) is 2. The molecule has 0 aromatic heterocycles. The van der Waals surface area contributed by atoms with Crippen molar-refractivity contribution in [3.63, 3.8) is 0 Å². The minimum absolute atomic E-state index is 0.0400. The van der Waals surface area contributed by atoms with Crippen LogP contribution in [-0.2, 0) is 9.16 Å². The van der Waals surface area contributed by atoms with Gasteiger partial charge in [-0.25, -0.2) is 0 Å². The Morgan fingerprint density at radius 3 is 2.09 bits per heavy atom. The zero-order valence-corrected chi connectivity index (χ0v) is 16.8. The van der Waals surface area contributed by atoms with E-state index in [-0.39, 0.29) is 17.2 Å². The Labute approximate surface area is 149 Å². The van der Waals surface area contributed by atoms with Gasteiger partial charge in [0, 0.05) is 0 Å². The van der Waals surface area contributed by atoms with E-state index in [4.69, 9.17) is 44.0 Å². The van der Waals surface area contributed by atoms with Gasteiger partial charge in [-0.05, 0) is 23.7 Å². The number of halogens is 3. The van der Waals surface area contributed by atoms with Crippen molar-refractivity contribution >= 4 is 43.1 Å². The maximum Gasteiger partial charge on any atom is 0.217 e. The van der Waals surface area contributed by atoms with Crippen molar-refractivity contribution in [2.75, 3.05) is 0 Å². The second-order valence-corrected chi connectivity index (χ2v) is 14.4. The summed E-state index contributed by atoms with van der Waals surface area (Å²) in [4.78, 5) is 0. The number of epoxide rings is 1. The molecule has 0 spiro atoms. The van der Waals surface area contributed by atoms with Crippen molar-refractivity contribution < 1.29 is 9.16 Å². The highest BCUT2D eigenvalue weighted by atomic mass is 35.6. The third-order valence-electron chi connectivity index (χ3n) is 4.50. The number of ether oxygens (including phenoxy) is 1. The molecule has 1 aliphatic rings. The molecule has 1 aromatic rings. The second-order valence-electron chi connectivity index (χ2n) is 7.27. The van der Waals surface area contributed by atoms with E-state index >= 15 is 0 Å². The summed E-state index contributed by atoms with van der Waals surface area (Å²) < 4.78 is 10.6. The molecule has 1 heterocycles. The first-order chi connectivity index (χ1) is 9.93. The molecule has 0 saturated carbocycles. The number of alkyl halides is 3. The van der Waals surface area contributed by atoms with Crippen LogP contribution >= 0.6 is 34.8 Å². The van der Waals surface area contributed by atoms with Crippen LogP contribution < -0.4 is 0 Å². The number of hydrogen-bond donors (Lipinski definition) is 0. The highest BCUT2D eigenvalue weighted by Gasteiger charge is 2.56. The Hall–Kier alpha value is 0.227. The monoisotopic (exact) mass is 380 g/mol. The quantitative estimate of drug-likeness (QED) is 0.368. The zero-order chi connectivity index (χ0) is 16.8. The van der Waals surface area contributed by atoms with E-state index in [1.165, 1.54) is 0 Å². The van der Waals surface area contributed by atoms with Crippen molar-refractivity contribution in [1.29, 1.82) is 0 Å². The van der Waals surface area contributed by atoms with Gasteiger partial charge in [-0.1, -0.05) is 85.9 Å². The smallest absolute Gasteiger partial charge is 0.217 e. The van der Waals surface area contributed by atoms with Crippen LogP contribution in [0.25, 0.3) is 0 Å². The van der Waals surface area contributed by atoms with Crippen LogP contribution in [0.5, 0.6) is 0 Å². The van der Waals surface area contributed by atoms with Crippen LogP contribution in [-0.4, -0.2) is 24.3 Å². The van der Waals surface area contributed by atoms with E-state index in [2.05, 4.69) is 33.9 Å². The zero-order valence-electron chi connectivity index (χ0n) is 13.6. The van der Waals surface area contributed by atoms with Crippen LogP contribution in [0.15, 0.2) is 30.3 Å². The Morgan fingerprint density at radius 1 is 1.09 bits per heavy atom. The highest BCUT2D eigenvalue weighted by Crippen LogP contribution is 2.51. The van der Waals surface area contributed by atoms with Crippen LogP contribution in [0, 0.1) is 0 Å². The van der Waals surface area contributed by atoms with Gasteiger partial charge < -0.3 is 9.16 Å². The summed E-state index contributed by atoms with van der Waals surface area (Å²) in [6.45, 7) is 10.8. The van der Waals surface area contributed by atoms with Crippen molar-refractivity contribution in [3.05, 3.63) is 35.9 Å². The molecule has 2 nitrogen and oxygen atoms in total. The summed E-state index contributed by atoms with van der Waals surface area (Å²) in [5.74, 6) is 0. The molecule has 124 valence electrons. The van der Waals surface area contributed by atoms with Gasteiger partial charge in [-0.3, -0.25) is 0 Å². The SMILES string of the molecule is CC(C)(C)[Si](C)(C)O[C@H]([C@@H]1O[C@H]1c1ccccc1)C(Cl)(Cl)Cl. The molecule has 22 heavy (non-hydrogen) atoms. The Balaban J connectivity index is 2.17. The molecule has 2 rings (SSSR count). The third-order valence-corrected chi connectivity index (χ3v) is 9.60. The molecule has 6 heteroatoms. The molecular formula is C16H23Cl3O2Si. The van der Waals surface area contributed by atoms with Crippen molar-refractivity contribution in [2.24, 2.45) is 0 Å². The molecule has 0 aliphatic carbocycles. The first kappa shape index (κ1) is 18.6. The van der Waals surface area contributed by atoms with E-state index in [0.29, 0.717) is 0 Å². The predicted octanol–water partition coefficient (Wildman–Crippen LogP) is 5.89. The molecule has 0 N–H and O–H groups in total. The van der Waals surface area contributed by atoms with Crippen molar-refractivity contribution in [1.82, 2.24) is 0 Å². The molecule has 3 atom stereocenters. The molecule has 0 unspecified atom stereocenters. The average Bonchev–Trinajstić information content (AvgIpc) is 3.14. The molecule has 1 aliphatic heterocycles. The molecule has 0 amide bonds. The Bertz CT molecular complexity index is 508. The number of rotatable bonds is 4. The molecule has 1 fully saturated rings. The maximum absolute atomic E-state index is 6.36. The Kier molecular flexibility index (Phi) is 5.29. The van der Waals surface area contributed by atoms with Gasteiger partial charge in [0.1, 0.15) is 18.3 Å². The summed E-state index contributed by atoms with van der Waals surface area (Å²) in [6, 6.07) is 9.97. The first-order valence-corrected chi connectivity index (χ1v) is 11.4. The van der Waals surface area contributed by atoms with Crippen molar-refractivity contribution in [2.45, 2.75) is 61.0 Å². The summed E-state index contributed by atoms with van der Waals surface area (Å²) in [6.07, 6.45) is -0.848. The van der Waals surface area contributed by atoms with E-state index in [1.807, 2.05) is 30.3 Å². The van der Waals surface area contributed by atoms with Crippen LogP contribution in [0.3, 0.4) is 0 Å². The second kappa shape index (κ2) is 6.27. The molecule has 1 aromatic carbocycles. The summed E-state index contributed by atoms with van der Waals surface area (Å²) in [7, 11) is -2.06. The van der Waals surface area contributed by atoms with Crippen LogP contribution in [0.2, 0.25) is 18.1 Å². The van der Waals surface area contributed by atoms with Crippen LogP contribution in [0.4, 0.5) is 0 Å². The van der Waals surface area contributed by atoms with E-state index in [9.17, 15) is 0 Å². The van der Waals surface area contributed by atoms with Gasteiger partial charge in [0.2, 0.25) is 3.79 Å². The topological polar surface area (TPSA) is 21.8 Å². The fourth-order valence-electron chi connectivity index (χ4n) is 2.08. The normalized spacial score (nSPS) is 24.2. The fraction of sp³-hybridized carbons (Fsp3) is 0.625. The third kappa shape index (κ3) is 4.19. The van der Waals surface area contributed by atoms with Gasteiger partial charge in [0.25, 0.3) is 0 Å². The molecular weight excluding hydrogens is 359 g/mol. The van der Waals surface area contributed by atoms with E-state index < -0.39 is 18.2 Å². The van der Waals surface area contributed by atoms with E-state index in [1.54, 1.807) is 0 Å². The predicted molar refractivity (Wildman–Crippen MR) is 96.4 cm³/mol. The van der Waals surface area contributed by atoms with Gasteiger partial charge in [0.15, 0.2) is 8.32 Å². The minimum Gasteiger partial charge on any atom is -0.407 e. The maximum atomic E-state index is 6.36.